The van der Waals surface area contributed by atoms with Crippen molar-refractivity contribution in [3.8, 4) is 0 Å². The number of hydrogen-bond acceptors (Lipinski definition) is 2. The minimum absolute atomic E-state index is 0.124. The van der Waals surface area contributed by atoms with Gasteiger partial charge < -0.3 is 9.47 Å². The van der Waals surface area contributed by atoms with Gasteiger partial charge in [-0.15, -0.1) is 0 Å². The molecule has 0 spiro atoms. The molecule has 1 aliphatic carbocycles. The van der Waals surface area contributed by atoms with Gasteiger partial charge in [-0.25, -0.2) is 0 Å². The summed E-state index contributed by atoms with van der Waals surface area (Å²) in [6, 6.07) is 11.2. The molecule has 0 saturated carbocycles. The zero-order valence-corrected chi connectivity index (χ0v) is 15.0. The number of rotatable bonds is 4. The maximum Gasteiger partial charge on any atom is 0.194 e. The van der Waals surface area contributed by atoms with Crippen LogP contribution in [0.15, 0.2) is 36.5 Å². The Balaban J connectivity index is 2.02. The number of nitrogens with zero attached hydrogens (tertiary/aromatic N) is 1. The molecule has 1 aromatic carbocycles. The molecule has 2 aromatic rings. The summed E-state index contributed by atoms with van der Waals surface area (Å²) in [4.78, 5) is 0. The van der Waals surface area contributed by atoms with Crippen molar-refractivity contribution in [2.24, 2.45) is 0 Å². The number of hydrogen-bond donors (Lipinski definition) is 0. The van der Waals surface area contributed by atoms with Crippen molar-refractivity contribution in [1.82, 2.24) is 0 Å². The lowest BCUT2D eigenvalue weighted by atomic mass is 9.67. The van der Waals surface area contributed by atoms with Crippen LogP contribution in [-0.4, -0.2) is 19.0 Å². The number of pyridine rings is 1. The third-order valence-electron chi connectivity index (χ3n) is 5.59. The summed E-state index contributed by atoms with van der Waals surface area (Å²) in [5.74, 6) is -0.431. The van der Waals surface area contributed by atoms with E-state index in [0.717, 1.165) is 6.42 Å². The van der Waals surface area contributed by atoms with Crippen molar-refractivity contribution in [2.75, 3.05) is 13.2 Å². The Hall–Kier alpha value is -1.71. The van der Waals surface area contributed by atoms with Gasteiger partial charge in [0.25, 0.3) is 0 Å². The maximum absolute atomic E-state index is 6.32. The molecule has 24 heavy (non-hydrogen) atoms. The Morgan fingerprint density at radius 2 is 1.67 bits per heavy atom. The second kappa shape index (κ2) is 5.68. The average molecular weight is 324 g/mol. The van der Waals surface area contributed by atoms with Crippen LogP contribution < -0.4 is 4.57 Å². The van der Waals surface area contributed by atoms with Crippen molar-refractivity contribution >= 4 is 0 Å². The average Bonchev–Trinajstić information content (AvgIpc) is 2.58. The van der Waals surface area contributed by atoms with Gasteiger partial charge in [-0.3, -0.25) is 0 Å². The molecule has 0 fully saturated rings. The van der Waals surface area contributed by atoms with E-state index in [1.807, 2.05) is 0 Å². The third kappa shape index (κ3) is 2.01. The molecule has 0 N–H and O–H groups in total. The van der Waals surface area contributed by atoms with E-state index in [1.165, 1.54) is 27.9 Å². The second-order valence-electron chi connectivity index (χ2n) is 6.89. The third-order valence-corrected chi connectivity index (χ3v) is 5.59. The van der Waals surface area contributed by atoms with Crippen LogP contribution >= 0.6 is 0 Å². The van der Waals surface area contributed by atoms with Crippen LogP contribution in [0.5, 0.6) is 0 Å². The minimum atomic E-state index is -0.554. The molecule has 0 radical (unpaired) electrons. The first-order valence-corrected chi connectivity index (χ1v) is 9.01. The molecule has 5 rings (SSSR count). The summed E-state index contributed by atoms with van der Waals surface area (Å²) in [7, 11) is 0. The number of ether oxygens (including phenoxy) is 2. The predicted molar refractivity (Wildman–Crippen MR) is 93.1 cm³/mol. The maximum atomic E-state index is 6.32. The van der Waals surface area contributed by atoms with E-state index in [4.69, 9.17) is 9.47 Å². The van der Waals surface area contributed by atoms with Crippen LogP contribution in [0.25, 0.3) is 0 Å². The van der Waals surface area contributed by atoms with E-state index in [0.29, 0.717) is 13.2 Å². The van der Waals surface area contributed by atoms with Crippen molar-refractivity contribution in [2.45, 2.75) is 51.9 Å². The van der Waals surface area contributed by atoms with Gasteiger partial charge in [0.2, 0.25) is 0 Å². The summed E-state index contributed by atoms with van der Waals surface area (Å²) in [6.07, 6.45) is 3.08. The van der Waals surface area contributed by atoms with Gasteiger partial charge in [-0.2, -0.15) is 4.57 Å². The summed E-state index contributed by atoms with van der Waals surface area (Å²) >= 11 is 0. The van der Waals surface area contributed by atoms with Crippen molar-refractivity contribution in [1.29, 1.82) is 0 Å². The van der Waals surface area contributed by atoms with E-state index < -0.39 is 5.79 Å². The lowest BCUT2D eigenvalue weighted by molar-refractivity contribution is -0.738. The fourth-order valence-electron chi connectivity index (χ4n) is 4.81. The first-order valence-electron chi connectivity index (χ1n) is 9.01. The largest absolute Gasteiger partial charge is 0.349 e. The van der Waals surface area contributed by atoms with E-state index >= 15 is 0 Å². The highest BCUT2D eigenvalue weighted by Crippen LogP contribution is 2.54. The molecule has 0 amide bonds. The Morgan fingerprint density at radius 3 is 2.33 bits per heavy atom. The molecule has 3 heterocycles. The highest BCUT2D eigenvalue weighted by atomic mass is 16.7. The van der Waals surface area contributed by atoms with Crippen LogP contribution in [0.4, 0.5) is 0 Å². The van der Waals surface area contributed by atoms with E-state index in [1.54, 1.807) is 0 Å². The topological polar surface area (TPSA) is 22.3 Å². The van der Waals surface area contributed by atoms with Crippen LogP contribution in [0.1, 0.15) is 60.2 Å². The standard InChI is InChI=1S/C21H26NO2/c1-5-23-21(24-6-2)13-17-18-14(3)10-11-15(4)19(18)20(21)16-9-7-8-12-22(16)17/h7-12,17,20H,5-6,13H2,1-4H3/q+1. The van der Waals surface area contributed by atoms with E-state index in [9.17, 15) is 0 Å². The van der Waals surface area contributed by atoms with Crippen LogP contribution in [-0.2, 0) is 9.47 Å². The van der Waals surface area contributed by atoms with Gasteiger partial charge in [-0.05, 0) is 44.4 Å². The summed E-state index contributed by atoms with van der Waals surface area (Å²) in [5, 5.41) is 0. The van der Waals surface area contributed by atoms with Crippen LogP contribution in [0.3, 0.4) is 0 Å². The van der Waals surface area contributed by atoms with Gasteiger partial charge in [0.15, 0.2) is 23.7 Å². The molecule has 2 bridgehead atoms. The Morgan fingerprint density at radius 1 is 1.00 bits per heavy atom. The SMILES string of the molecule is CCOC1(OCC)CC2c3c(C)ccc(C)c3C1c1cccc[n+]12. The molecule has 3 aliphatic rings. The number of aromatic nitrogens is 1. The number of fused-ring (bicyclic) bond motifs is 1. The first-order chi connectivity index (χ1) is 11.6. The molecule has 3 heteroatoms. The summed E-state index contributed by atoms with van der Waals surface area (Å²) in [5.41, 5.74) is 6.90. The van der Waals surface area contributed by atoms with E-state index in [-0.39, 0.29) is 12.0 Å². The molecular weight excluding hydrogens is 298 g/mol. The van der Waals surface area contributed by atoms with Gasteiger partial charge in [0.05, 0.1) is 6.42 Å². The van der Waals surface area contributed by atoms with Crippen LogP contribution in [0.2, 0.25) is 0 Å². The molecule has 1 aromatic heterocycles. The summed E-state index contributed by atoms with van der Waals surface area (Å²) < 4.78 is 15.1. The quantitative estimate of drug-likeness (QED) is 0.630. The molecule has 0 saturated heterocycles. The van der Waals surface area contributed by atoms with Gasteiger partial charge in [0.1, 0.15) is 5.92 Å². The highest BCUT2D eigenvalue weighted by Gasteiger charge is 2.60. The number of aryl methyl sites for hydroxylation is 2. The molecule has 3 nitrogen and oxygen atoms in total. The fraction of sp³-hybridized carbons (Fsp3) is 0.476. The second-order valence-corrected chi connectivity index (χ2v) is 6.89. The number of benzene rings is 1. The molecule has 2 unspecified atom stereocenters. The normalized spacial score (nSPS) is 23.0. The minimum Gasteiger partial charge on any atom is -0.349 e. The van der Waals surface area contributed by atoms with Crippen molar-refractivity contribution in [3.63, 3.8) is 0 Å². The lowest BCUT2D eigenvalue weighted by Gasteiger charge is -2.48. The van der Waals surface area contributed by atoms with E-state index in [2.05, 4.69) is 68.8 Å². The Kier molecular flexibility index (Phi) is 3.74. The summed E-state index contributed by atoms with van der Waals surface area (Å²) in [6.45, 7) is 9.89. The monoisotopic (exact) mass is 324 g/mol. The van der Waals surface area contributed by atoms with Crippen molar-refractivity contribution in [3.05, 3.63) is 64.5 Å². The Labute approximate surface area is 144 Å². The van der Waals surface area contributed by atoms with Crippen LogP contribution in [0, 0.1) is 13.8 Å². The highest BCUT2D eigenvalue weighted by molar-refractivity contribution is 5.51. The first kappa shape index (κ1) is 15.8. The van der Waals surface area contributed by atoms with Crippen molar-refractivity contribution < 1.29 is 14.0 Å². The molecule has 2 atom stereocenters. The fourth-order valence-corrected chi connectivity index (χ4v) is 4.81. The molecule has 126 valence electrons. The molecule has 2 aliphatic heterocycles. The zero-order valence-electron chi connectivity index (χ0n) is 15.0. The Bertz CT molecular complexity index is 777. The predicted octanol–water partition coefficient (Wildman–Crippen LogP) is 3.80. The van der Waals surface area contributed by atoms with Gasteiger partial charge >= 0.3 is 0 Å². The van der Waals surface area contributed by atoms with Gasteiger partial charge in [0, 0.05) is 30.9 Å². The lowest BCUT2D eigenvalue weighted by Crippen LogP contribution is -2.63. The molecular formula is C21H26NO2+. The smallest absolute Gasteiger partial charge is 0.194 e. The zero-order chi connectivity index (χ0) is 16.9. The van der Waals surface area contributed by atoms with Gasteiger partial charge in [-0.1, -0.05) is 18.2 Å².